The molecule has 0 aliphatic carbocycles. The highest BCUT2D eigenvalue weighted by atomic mass is 16.5. The van der Waals surface area contributed by atoms with Crippen LogP contribution < -0.4 is 10.6 Å². The molecule has 2 aromatic rings. The molecule has 0 bridgehead atoms. The van der Waals surface area contributed by atoms with Gasteiger partial charge in [0.15, 0.2) is 0 Å². The summed E-state index contributed by atoms with van der Waals surface area (Å²) in [5, 5.41) is 5.71. The summed E-state index contributed by atoms with van der Waals surface area (Å²) >= 11 is 0. The molecule has 2 N–H and O–H groups in total. The predicted molar refractivity (Wildman–Crippen MR) is 95.4 cm³/mol. The van der Waals surface area contributed by atoms with E-state index < -0.39 is 0 Å². The molecule has 1 aromatic heterocycles. The summed E-state index contributed by atoms with van der Waals surface area (Å²) in [5.74, 6) is 0.128. The van der Waals surface area contributed by atoms with E-state index in [-0.39, 0.29) is 11.8 Å². The number of carbonyl (C=O) groups excluding carboxylic acids is 2. The molecule has 6 heteroatoms. The van der Waals surface area contributed by atoms with Gasteiger partial charge in [0.05, 0.1) is 5.56 Å². The number of amides is 2. The highest BCUT2D eigenvalue weighted by Crippen LogP contribution is 2.20. The number of anilines is 2. The molecule has 1 aromatic carbocycles. The number of ether oxygens (including phenoxy) is 1. The molecule has 3 rings (SSSR count). The van der Waals surface area contributed by atoms with Gasteiger partial charge >= 0.3 is 0 Å². The van der Waals surface area contributed by atoms with Crippen LogP contribution in [0.3, 0.4) is 0 Å². The van der Waals surface area contributed by atoms with Crippen LogP contribution in [0.25, 0.3) is 0 Å². The number of pyridine rings is 1. The monoisotopic (exact) mass is 339 g/mol. The van der Waals surface area contributed by atoms with Crippen LogP contribution in [0, 0.1) is 5.92 Å². The molecule has 0 atom stereocenters. The number of hydrogen-bond acceptors (Lipinski definition) is 4. The van der Waals surface area contributed by atoms with Crippen molar-refractivity contribution < 1.29 is 14.3 Å². The summed E-state index contributed by atoms with van der Waals surface area (Å²) in [4.78, 5) is 28.3. The number of carbonyl (C=O) groups is 2. The molecule has 0 saturated carbocycles. The van der Waals surface area contributed by atoms with E-state index in [0.29, 0.717) is 29.3 Å². The SMILES string of the molecule is O=C(CC1CCOCC1)Nc1cccc(NC(=O)c2cccnc2)c1. The molecule has 130 valence electrons. The zero-order valence-electron chi connectivity index (χ0n) is 13.9. The van der Waals surface area contributed by atoms with Crippen molar-refractivity contribution in [2.45, 2.75) is 19.3 Å². The van der Waals surface area contributed by atoms with Gasteiger partial charge in [-0.2, -0.15) is 0 Å². The summed E-state index contributed by atoms with van der Waals surface area (Å²) in [5.41, 5.74) is 1.77. The van der Waals surface area contributed by atoms with Gasteiger partial charge < -0.3 is 15.4 Å². The Kier molecular flexibility index (Phi) is 5.74. The minimum Gasteiger partial charge on any atom is -0.381 e. The molecule has 0 unspecified atom stereocenters. The van der Waals surface area contributed by atoms with E-state index in [0.717, 1.165) is 26.1 Å². The summed E-state index contributed by atoms with van der Waals surface area (Å²) < 4.78 is 5.31. The van der Waals surface area contributed by atoms with Gasteiger partial charge in [-0.05, 0) is 49.1 Å². The topological polar surface area (TPSA) is 80.3 Å². The van der Waals surface area contributed by atoms with E-state index in [1.807, 2.05) is 6.07 Å². The molecular formula is C19H21N3O3. The standard InChI is InChI=1S/C19H21N3O3/c23-18(11-14-6-9-25-10-7-14)21-16-4-1-5-17(12-16)22-19(24)15-3-2-8-20-13-15/h1-5,8,12-14H,6-7,9-11H2,(H,21,23)(H,22,24). The highest BCUT2D eigenvalue weighted by Gasteiger charge is 2.17. The average molecular weight is 339 g/mol. The second-order valence-corrected chi connectivity index (χ2v) is 6.08. The van der Waals surface area contributed by atoms with Crippen LogP contribution in [0.4, 0.5) is 11.4 Å². The molecule has 25 heavy (non-hydrogen) atoms. The Morgan fingerprint density at radius 2 is 1.84 bits per heavy atom. The van der Waals surface area contributed by atoms with E-state index >= 15 is 0 Å². The molecule has 1 aliphatic heterocycles. The molecule has 1 aliphatic rings. The van der Waals surface area contributed by atoms with Crippen molar-refractivity contribution in [3.63, 3.8) is 0 Å². The molecule has 0 spiro atoms. The maximum Gasteiger partial charge on any atom is 0.257 e. The number of nitrogens with zero attached hydrogens (tertiary/aromatic N) is 1. The summed E-state index contributed by atoms with van der Waals surface area (Å²) in [6.07, 6.45) is 5.47. The van der Waals surface area contributed by atoms with Crippen molar-refractivity contribution in [3.05, 3.63) is 54.4 Å². The quantitative estimate of drug-likeness (QED) is 0.877. The minimum atomic E-state index is -0.237. The largest absolute Gasteiger partial charge is 0.381 e. The molecule has 1 fully saturated rings. The Morgan fingerprint density at radius 1 is 1.08 bits per heavy atom. The third-order valence-electron chi connectivity index (χ3n) is 4.14. The number of nitrogens with one attached hydrogen (secondary N) is 2. The fourth-order valence-corrected chi connectivity index (χ4v) is 2.80. The first-order chi connectivity index (χ1) is 12.2. The van der Waals surface area contributed by atoms with Crippen LogP contribution in [0.2, 0.25) is 0 Å². The minimum absolute atomic E-state index is 0.0114. The van der Waals surface area contributed by atoms with Crippen LogP contribution in [0.1, 0.15) is 29.6 Å². The lowest BCUT2D eigenvalue weighted by atomic mass is 9.96. The van der Waals surface area contributed by atoms with Crippen LogP contribution in [-0.2, 0) is 9.53 Å². The molecular weight excluding hydrogens is 318 g/mol. The van der Waals surface area contributed by atoms with Gasteiger partial charge in [0.2, 0.25) is 5.91 Å². The summed E-state index contributed by atoms with van der Waals surface area (Å²) in [7, 11) is 0. The smallest absolute Gasteiger partial charge is 0.257 e. The van der Waals surface area contributed by atoms with Crippen molar-refractivity contribution >= 4 is 23.2 Å². The molecule has 1 saturated heterocycles. The average Bonchev–Trinajstić information content (AvgIpc) is 2.63. The normalized spacial score (nSPS) is 14.7. The van der Waals surface area contributed by atoms with Crippen molar-refractivity contribution in [3.8, 4) is 0 Å². The van der Waals surface area contributed by atoms with Crippen LogP contribution in [0.5, 0.6) is 0 Å². The number of aromatic nitrogens is 1. The van der Waals surface area contributed by atoms with Crippen molar-refractivity contribution in [1.29, 1.82) is 0 Å². The Morgan fingerprint density at radius 3 is 2.56 bits per heavy atom. The zero-order chi connectivity index (χ0) is 17.5. The first kappa shape index (κ1) is 17.1. The van der Waals surface area contributed by atoms with Gasteiger partial charge in [-0.3, -0.25) is 14.6 Å². The summed E-state index contributed by atoms with van der Waals surface area (Å²) in [6.45, 7) is 1.46. The second kappa shape index (κ2) is 8.39. The lowest BCUT2D eigenvalue weighted by molar-refractivity contribution is -0.117. The van der Waals surface area contributed by atoms with E-state index in [1.165, 1.54) is 6.20 Å². The summed E-state index contributed by atoms with van der Waals surface area (Å²) in [6, 6.07) is 10.5. The van der Waals surface area contributed by atoms with Crippen molar-refractivity contribution in [2.75, 3.05) is 23.8 Å². The number of rotatable bonds is 5. The van der Waals surface area contributed by atoms with Crippen molar-refractivity contribution in [2.24, 2.45) is 5.92 Å². The van der Waals surface area contributed by atoms with Crippen LogP contribution in [-0.4, -0.2) is 30.0 Å². The van der Waals surface area contributed by atoms with Gasteiger partial charge in [-0.1, -0.05) is 6.07 Å². The maximum absolute atomic E-state index is 12.2. The van der Waals surface area contributed by atoms with E-state index in [4.69, 9.17) is 4.74 Å². The number of hydrogen-bond donors (Lipinski definition) is 2. The lowest BCUT2D eigenvalue weighted by Crippen LogP contribution is -2.22. The van der Waals surface area contributed by atoms with Gasteiger partial charge in [-0.25, -0.2) is 0 Å². The predicted octanol–water partition coefficient (Wildman–Crippen LogP) is 3.09. The fraction of sp³-hybridized carbons (Fsp3) is 0.316. The van der Waals surface area contributed by atoms with Crippen LogP contribution in [0.15, 0.2) is 48.8 Å². The first-order valence-corrected chi connectivity index (χ1v) is 8.40. The van der Waals surface area contributed by atoms with Gasteiger partial charge in [0.1, 0.15) is 0 Å². The highest BCUT2D eigenvalue weighted by molar-refractivity contribution is 6.04. The second-order valence-electron chi connectivity index (χ2n) is 6.08. The van der Waals surface area contributed by atoms with Gasteiger partial charge in [0, 0.05) is 43.4 Å². The van der Waals surface area contributed by atoms with Crippen LogP contribution >= 0.6 is 0 Å². The third-order valence-corrected chi connectivity index (χ3v) is 4.14. The Labute approximate surface area is 146 Å². The number of benzene rings is 1. The molecule has 2 amide bonds. The molecule has 6 nitrogen and oxygen atoms in total. The van der Waals surface area contributed by atoms with E-state index in [2.05, 4.69) is 15.6 Å². The van der Waals surface area contributed by atoms with Gasteiger partial charge in [0.25, 0.3) is 5.91 Å². The molecule has 2 heterocycles. The Balaban J connectivity index is 1.57. The maximum atomic E-state index is 12.2. The fourth-order valence-electron chi connectivity index (χ4n) is 2.80. The first-order valence-electron chi connectivity index (χ1n) is 8.40. The van der Waals surface area contributed by atoms with Crippen molar-refractivity contribution in [1.82, 2.24) is 4.98 Å². The van der Waals surface area contributed by atoms with E-state index in [9.17, 15) is 9.59 Å². The Bertz CT molecular complexity index is 728. The van der Waals surface area contributed by atoms with E-state index in [1.54, 1.807) is 36.5 Å². The third kappa shape index (κ3) is 5.12. The van der Waals surface area contributed by atoms with Gasteiger partial charge in [-0.15, -0.1) is 0 Å². The Hall–Kier alpha value is -2.73. The lowest BCUT2D eigenvalue weighted by Gasteiger charge is -2.21. The molecule has 0 radical (unpaired) electrons. The zero-order valence-corrected chi connectivity index (χ0v) is 13.9.